The van der Waals surface area contributed by atoms with Crippen molar-refractivity contribution in [2.24, 2.45) is 5.92 Å². The van der Waals surface area contributed by atoms with Gasteiger partial charge in [-0.05, 0) is 67.2 Å². The van der Waals surface area contributed by atoms with Crippen LogP contribution >= 0.6 is 0 Å². The predicted molar refractivity (Wildman–Crippen MR) is 126 cm³/mol. The largest absolute Gasteiger partial charge is 0.493 e. The van der Waals surface area contributed by atoms with Crippen LogP contribution in [0.5, 0.6) is 11.5 Å². The number of ether oxygens (including phenoxy) is 2. The summed E-state index contributed by atoms with van der Waals surface area (Å²) in [5.74, 6) is 1.50. The van der Waals surface area contributed by atoms with Crippen LogP contribution < -0.4 is 20.1 Å². The van der Waals surface area contributed by atoms with Gasteiger partial charge >= 0.3 is 0 Å². The van der Waals surface area contributed by atoms with Crippen molar-refractivity contribution >= 4 is 17.9 Å². The highest BCUT2D eigenvalue weighted by Crippen LogP contribution is 2.30. The van der Waals surface area contributed by atoms with Gasteiger partial charge in [0.25, 0.3) is 5.91 Å². The van der Waals surface area contributed by atoms with Crippen LogP contribution in [0.2, 0.25) is 0 Å². The van der Waals surface area contributed by atoms with E-state index in [0.29, 0.717) is 35.6 Å². The molecule has 0 radical (unpaired) electrons. The maximum atomic E-state index is 12.4. The van der Waals surface area contributed by atoms with Crippen LogP contribution in [0.1, 0.15) is 61.1 Å². The number of hydrogen-bond acceptors (Lipinski definition) is 4. The van der Waals surface area contributed by atoms with Gasteiger partial charge in [-0.2, -0.15) is 0 Å². The van der Waals surface area contributed by atoms with Crippen molar-refractivity contribution in [2.45, 2.75) is 45.7 Å². The summed E-state index contributed by atoms with van der Waals surface area (Å²) in [7, 11) is 1.61. The first-order valence-corrected chi connectivity index (χ1v) is 11.1. The molecule has 3 rings (SSSR count). The van der Waals surface area contributed by atoms with Crippen molar-refractivity contribution in [1.82, 2.24) is 10.6 Å². The zero-order valence-corrected chi connectivity index (χ0v) is 19.2. The molecular formula is C26H32N2O4. The van der Waals surface area contributed by atoms with Gasteiger partial charge in [0.2, 0.25) is 5.91 Å². The summed E-state index contributed by atoms with van der Waals surface area (Å²) in [5, 5.41) is 5.92. The monoisotopic (exact) mass is 436 g/mol. The summed E-state index contributed by atoms with van der Waals surface area (Å²) < 4.78 is 11.2. The van der Waals surface area contributed by atoms with Gasteiger partial charge in [-0.25, -0.2) is 0 Å². The first-order valence-electron chi connectivity index (χ1n) is 11.1. The van der Waals surface area contributed by atoms with Crippen molar-refractivity contribution in [3.8, 4) is 11.5 Å². The smallest absolute Gasteiger partial charge is 0.251 e. The second-order valence-electron chi connectivity index (χ2n) is 8.55. The highest BCUT2D eigenvalue weighted by Gasteiger charge is 2.23. The lowest BCUT2D eigenvalue weighted by atomic mass is 10.1. The maximum absolute atomic E-state index is 12.4. The molecule has 1 fully saturated rings. The highest BCUT2D eigenvalue weighted by molar-refractivity contribution is 5.95. The molecule has 2 aromatic rings. The number of rotatable bonds is 10. The summed E-state index contributed by atoms with van der Waals surface area (Å²) >= 11 is 0. The molecule has 1 saturated carbocycles. The third-order valence-corrected chi connectivity index (χ3v) is 5.13. The van der Waals surface area contributed by atoms with Gasteiger partial charge in [0.15, 0.2) is 11.5 Å². The van der Waals surface area contributed by atoms with E-state index in [4.69, 9.17) is 9.47 Å². The van der Waals surface area contributed by atoms with E-state index < -0.39 is 0 Å². The molecule has 6 nitrogen and oxygen atoms in total. The molecular weight excluding hydrogens is 404 g/mol. The van der Waals surface area contributed by atoms with Crippen molar-refractivity contribution < 1.29 is 19.1 Å². The Morgan fingerprint density at radius 1 is 1.06 bits per heavy atom. The van der Waals surface area contributed by atoms with Gasteiger partial charge in [-0.15, -0.1) is 0 Å². The standard InChI is InChI=1S/C26H32N2O4/c1-17(2)16-32-23-13-10-21(15-24(23)31-4)18(3)27-25(29)14-7-19-5-8-20(9-6-19)26(30)28-22-11-12-22/h5-10,13-15,17-18,22H,11-12,16H2,1-4H3,(H,27,29)(H,28,30)/b14-7+. The molecule has 170 valence electrons. The fourth-order valence-electron chi connectivity index (χ4n) is 3.09. The van der Waals surface area contributed by atoms with Gasteiger partial charge in [0.1, 0.15) is 0 Å². The Hall–Kier alpha value is -3.28. The first-order chi connectivity index (χ1) is 15.4. The number of methoxy groups -OCH3 is 1. The van der Waals surface area contributed by atoms with Gasteiger partial charge < -0.3 is 20.1 Å². The molecule has 32 heavy (non-hydrogen) atoms. The minimum atomic E-state index is -0.202. The highest BCUT2D eigenvalue weighted by atomic mass is 16.5. The van der Waals surface area contributed by atoms with Gasteiger partial charge in [0.05, 0.1) is 19.8 Å². The van der Waals surface area contributed by atoms with E-state index in [0.717, 1.165) is 24.0 Å². The van der Waals surface area contributed by atoms with Crippen molar-refractivity contribution in [2.75, 3.05) is 13.7 Å². The third-order valence-electron chi connectivity index (χ3n) is 5.13. The fourth-order valence-corrected chi connectivity index (χ4v) is 3.09. The average molecular weight is 437 g/mol. The van der Waals surface area contributed by atoms with Crippen molar-refractivity contribution in [3.63, 3.8) is 0 Å². The Morgan fingerprint density at radius 3 is 2.41 bits per heavy atom. The minimum Gasteiger partial charge on any atom is -0.493 e. The Labute approximate surface area is 190 Å². The summed E-state index contributed by atoms with van der Waals surface area (Å²) in [4.78, 5) is 24.4. The number of amides is 2. The second kappa shape index (κ2) is 10.8. The molecule has 6 heteroatoms. The molecule has 1 atom stereocenters. The number of nitrogens with one attached hydrogen (secondary N) is 2. The van der Waals surface area contributed by atoms with Crippen LogP contribution in [0, 0.1) is 5.92 Å². The molecule has 2 amide bonds. The lowest BCUT2D eigenvalue weighted by Crippen LogP contribution is -2.25. The predicted octanol–water partition coefficient (Wildman–Crippen LogP) is 4.51. The Kier molecular flexibility index (Phi) is 7.92. The van der Waals surface area contributed by atoms with Gasteiger partial charge in [-0.1, -0.05) is 32.0 Å². The molecule has 0 saturated heterocycles. The molecule has 1 unspecified atom stereocenters. The Balaban J connectivity index is 1.55. The molecule has 0 heterocycles. The lowest BCUT2D eigenvalue weighted by molar-refractivity contribution is -0.117. The summed E-state index contributed by atoms with van der Waals surface area (Å²) in [6, 6.07) is 13.0. The molecule has 2 aromatic carbocycles. The van der Waals surface area contributed by atoms with E-state index in [-0.39, 0.29) is 17.9 Å². The zero-order valence-electron chi connectivity index (χ0n) is 19.2. The van der Waals surface area contributed by atoms with Crippen LogP contribution in [-0.4, -0.2) is 31.6 Å². The van der Waals surface area contributed by atoms with Crippen LogP contribution in [0.15, 0.2) is 48.5 Å². The maximum Gasteiger partial charge on any atom is 0.251 e. The van der Waals surface area contributed by atoms with E-state index in [1.807, 2.05) is 37.3 Å². The fraction of sp³-hybridized carbons (Fsp3) is 0.385. The number of carbonyl (C=O) groups excluding carboxylic acids is 2. The normalized spacial score (nSPS) is 14.3. The molecule has 1 aliphatic rings. The van der Waals surface area contributed by atoms with Crippen LogP contribution in [0.4, 0.5) is 0 Å². The van der Waals surface area contributed by atoms with Gasteiger partial charge in [-0.3, -0.25) is 9.59 Å². The first kappa shape index (κ1) is 23.4. The average Bonchev–Trinajstić information content (AvgIpc) is 3.60. The molecule has 0 aliphatic heterocycles. The molecule has 0 bridgehead atoms. The van der Waals surface area contributed by atoms with E-state index in [1.165, 1.54) is 6.08 Å². The topological polar surface area (TPSA) is 76.7 Å². The van der Waals surface area contributed by atoms with Crippen LogP contribution in [-0.2, 0) is 4.79 Å². The number of hydrogen-bond donors (Lipinski definition) is 2. The van der Waals surface area contributed by atoms with Crippen LogP contribution in [0.25, 0.3) is 6.08 Å². The van der Waals surface area contributed by atoms with E-state index in [1.54, 1.807) is 25.3 Å². The molecule has 0 aromatic heterocycles. The quantitative estimate of drug-likeness (QED) is 0.537. The number of benzene rings is 2. The Morgan fingerprint density at radius 2 is 1.78 bits per heavy atom. The summed E-state index contributed by atoms with van der Waals surface area (Å²) in [5.41, 5.74) is 2.40. The SMILES string of the molecule is COc1cc(C(C)NC(=O)/C=C/c2ccc(C(=O)NC3CC3)cc2)ccc1OCC(C)C. The van der Waals surface area contributed by atoms with Crippen molar-refractivity contribution in [1.29, 1.82) is 0 Å². The zero-order chi connectivity index (χ0) is 23.1. The van der Waals surface area contributed by atoms with Crippen molar-refractivity contribution in [3.05, 3.63) is 65.2 Å². The number of carbonyl (C=O) groups is 2. The lowest BCUT2D eigenvalue weighted by Gasteiger charge is -2.17. The van der Waals surface area contributed by atoms with E-state index in [9.17, 15) is 9.59 Å². The summed E-state index contributed by atoms with van der Waals surface area (Å²) in [6.07, 6.45) is 5.34. The summed E-state index contributed by atoms with van der Waals surface area (Å²) in [6.45, 7) is 6.71. The Bertz CT molecular complexity index is 962. The molecule has 2 N–H and O–H groups in total. The van der Waals surface area contributed by atoms with E-state index >= 15 is 0 Å². The second-order valence-corrected chi connectivity index (χ2v) is 8.55. The molecule has 0 spiro atoms. The third kappa shape index (κ3) is 6.87. The van der Waals surface area contributed by atoms with Gasteiger partial charge in [0, 0.05) is 17.7 Å². The molecule has 1 aliphatic carbocycles. The van der Waals surface area contributed by atoms with Crippen LogP contribution in [0.3, 0.4) is 0 Å². The van der Waals surface area contributed by atoms with E-state index in [2.05, 4.69) is 24.5 Å². The minimum absolute atomic E-state index is 0.0503.